The fourth-order valence-electron chi connectivity index (χ4n) is 1.23. The number of epoxide rings is 1. The van der Waals surface area contributed by atoms with Gasteiger partial charge in [-0.05, 0) is 12.1 Å². The number of carbonyl (C=O) groups is 1. The van der Waals surface area contributed by atoms with Crippen LogP contribution in [0.5, 0.6) is 5.75 Å². The highest BCUT2D eigenvalue weighted by Crippen LogP contribution is 2.24. The van der Waals surface area contributed by atoms with Crippen molar-refractivity contribution in [1.29, 1.82) is 0 Å². The molecule has 0 spiro atoms. The first-order valence-corrected chi connectivity index (χ1v) is 4.87. The standard InChI is InChI=1S/C11H13NO3/c1-8(13)12-10-4-2-3-5-11(10)15-7-9-6-14-9/h2-5,9H,6-7H2,1H3,(H,12,13)/t9-/m0/s1. The van der Waals surface area contributed by atoms with E-state index >= 15 is 0 Å². The van der Waals surface area contributed by atoms with Crippen LogP contribution in [0, 0.1) is 0 Å². The fourth-order valence-corrected chi connectivity index (χ4v) is 1.23. The lowest BCUT2D eigenvalue weighted by atomic mass is 10.3. The third-order valence-electron chi connectivity index (χ3n) is 2.02. The molecule has 1 saturated heterocycles. The quantitative estimate of drug-likeness (QED) is 0.760. The Morgan fingerprint density at radius 3 is 3.00 bits per heavy atom. The van der Waals surface area contributed by atoms with Crippen molar-refractivity contribution in [3.8, 4) is 5.75 Å². The van der Waals surface area contributed by atoms with Gasteiger partial charge in [-0.25, -0.2) is 0 Å². The van der Waals surface area contributed by atoms with Gasteiger partial charge in [-0.1, -0.05) is 12.1 Å². The molecule has 1 fully saturated rings. The van der Waals surface area contributed by atoms with E-state index < -0.39 is 0 Å². The summed E-state index contributed by atoms with van der Waals surface area (Å²) in [4.78, 5) is 10.9. The number of hydrogen-bond donors (Lipinski definition) is 1. The largest absolute Gasteiger partial charge is 0.489 e. The molecule has 0 bridgehead atoms. The van der Waals surface area contributed by atoms with Crippen molar-refractivity contribution in [2.45, 2.75) is 13.0 Å². The number of benzene rings is 1. The van der Waals surface area contributed by atoms with Gasteiger partial charge in [0.2, 0.25) is 5.91 Å². The molecule has 2 rings (SSSR count). The number of hydrogen-bond acceptors (Lipinski definition) is 3. The second kappa shape index (κ2) is 4.31. The van der Waals surface area contributed by atoms with Gasteiger partial charge in [-0.3, -0.25) is 4.79 Å². The number of carbonyl (C=O) groups excluding carboxylic acids is 1. The minimum absolute atomic E-state index is 0.103. The summed E-state index contributed by atoms with van der Waals surface area (Å²) in [6, 6.07) is 7.36. The van der Waals surface area contributed by atoms with E-state index in [1.54, 1.807) is 0 Å². The van der Waals surface area contributed by atoms with Gasteiger partial charge in [0, 0.05) is 6.92 Å². The monoisotopic (exact) mass is 207 g/mol. The number of nitrogens with one attached hydrogen (secondary N) is 1. The molecule has 0 unspecified atom stereocenters. The van der Waals surface area contributed by atoms with Crippen molar-refractivity contribution in [3.63, 3.8) is 0 Å². The summed E-state index contributed by atoms with van der Waals surface area (Å²) in [5.41, 5.74) is 0.700. The molecule has 15 heavy (non-hydrogen) atoms. The first-order chi connectivity index (χ1) is 7.25. The lowest BCUT2D eigenvalue weighted by Crippen LogP contribution is -2.10. The average Bonchev–Trinajstić information content (AvgIpc) is 2.99. The molecule has 1 N–H and O–H groups in total. The number of ether oxygens (including phenoxy) is 2. The van der Waals surface area contributed by atoms with Crippen molar-refractivity contribution in [2.75, 3.05) is 18.5 Å². The first kappa shape index (κ1) is 9.98. The van der Waals surface area contributed by atoms with E-state index in [0.717, 1.165) is 6.61 Å². The lowest BCUT2D eigenvalue weighted by molar-refractivity contribution is -0.114. The number of rotatable bonds is 4. The van der Waals surface area contributed by atoms with Gasteiger partial charge in [0.05, 0.1) is 12.3 Å². The Kier molecular flexibility index (Phi) is 2.87. The van der Waals surface area contributed by atoms with E-state index in [1.807, 2.05) is 24.3 Å². The van der Waals surface area contributed by atoms with Gasteiger partial charge in [0.15, 0.2) is 0 Å². The average molecular weight is 207 g/mol. The summed E-state index contributed by atoms with van der Waals surface area (Å²) in [6.07, 6.45) is 0.218. The zero-order valence-corrected chi connectivity index (χ0v) is 8.53. The Morgan fingerprint density at radius 2 is 2.33 bits per heavy atom. The summed E-state index contributed by atoms with van der Waals surface area (Å²) >= 11 is 0. The highest BCUT2D eigenvalue weighted by Gasteiger charge is 2.23. The van der Waals surface area contributed by atoms with E-state index in [9.17, 15) is 4.79 Å². The molecule has 1 aliphatic rings. The molecular formula is C11H13NO3. The van der Waals surface area contributed by atoms with Crippen molar-refractivity contribution in [2.24, 2.45) is 0 Å². The number of amides is 1. The van der Waals surface area contributed by atoms with Gasteiger partial charge in [-0.2, -0.15) is 0 Å². The van der Waals surface area contributed by atoms with Crippen LogP contribution in [0.15, 0.2) is 24.3 Å². The summed E-state index contributed by atoms with van der Waals surface area (Å²) in [7, 11) is 0. The third-order valence-corrected chi connectivity index (χ3v) is 2.02. The molecule has 0 aromatic heterocycles. The molecular weight excluding hydrogens is 194 g/mol. The molecule has 1 amide bonds. The maximum absolute atomic E-state index is 10.9. The maximum atomic E-state index is 10.9. The Balaban J connectivity index is 2.02. The SMILES string of the molecule is CC(=O)Nc1ccccc1OC[C@@H]1CO1. The minimum Gasteiger partial charge on any atom is -0.489 e. The van der Waals surface area contributed by atoms with E-state index in [0.29, 0.717) is 18.0 Å². The van der Waals surface area contributed by atoms with Gasteiger partial charge in [-0.15, -0.1) is 0 Å². The zero-order chi connectivity index (χ0) is 10.7. The van der Waals surface area contributed by atoms with Crippen LogP contribution in [0.1, 0.15) is 6.92 Å². The van der Waals surface area contributed by atoms with Gasteiger partial charge >= 0.3 is 0 Å². The Hall–Kier alpha value is -1.55. The normalized spacial score (nSPS) is 18.3. The molecule has 1 atom stereocenters. The van der Waals surface area contributed by atoms with Crippen LogP contribution in [0.3, 0.4) is 0 Å². The molecule has 1 aliphatic heterocycles. The van der Waals surface area contributed by atoms with Crippen LogP contribution in [0.25, 0.3) is 0 Å². The Labute approximate surface area is 88.2 Å². The summed E-state index contributed by atoms with van der Waals surface area (Å²) in [5.74, 6) is 0.580. The molecule has 4 heteroatoms. The Morgan fingerprint density at radius 1 is 1.60 bits per heavy atom. The second-order valence-corrected chi connectivity index (χ2v) is 3.44. The van der Waals surface area contributed by atoms with Crippen molar-refractivity contribution >= 4 is 11.6 Å². The second-order valence-electron chi connectivity index (χ2n) is 3.44. The van der Waals surface area contributed by atoms with Gasteiger partial charge in [0.25, 0.3) is 0 Å². The highest BCUT2D eigenvalue weighted by atomic mass is 16.6. The van der Waals surface area contributed by atoms with Crippen molar-refractivity contribution < 1.29 is 14.3 Å². The molecule has 1 aromatic carbocycles. The Bertz CT molecular complexity index is 361. The van der Waals surface area contributed by atoms with E-state index in [2.05, 4.69) is 5.32 Å². The van der Waals surface area contributed by atoms with Gasteiger partial charge < -0.3 is 14.8 Å². The highest BCUT2D eigenvalue weighted by molar-refractivity contribution is 5.90. The predicted molar refractivity (Wildman–Crippen MR) is 56.0 cm³/mol. The first-order valence-electron chi connectivity index (χ1n) is 4.87. The maximum Gasteiger partial charge on any atom is 0.221 e. The predicted octanol–water partition coefficient (Wildman–Crippen LogP) is 1.42. The summed E-state index contributed by atoms with van der Waals surface area (Å²) < 4.78 is 10.6. The molecule has 0 saturated carbocycles. The molecule has 0 aliphatic carbocycles. The van der Waals surface area contributed by atoms with Crippen LogP contribution in [-0.2, 0) is 9.53 Å². The zero-order valence-electron chi connectivity index (χ0n) is 8.53. The molecule has 0 radical (unpaired) electrons. The summed E-state index contributed by atoms with van der Waals surface area (Å²) in [5, 5.41) is 2.71. The van der Waals surface area contributed by atoms with Crippen LogP contribution in [0.2, 0.25) is 0 Å². The smallest absolute Gasteiger partial charge is 0.221 e. The van der Waals surface area contributed by atoms with Crippen LogP contribution >= 0.6 is 0 Å². The molecule has 4 nitrogen and oxygen atoms in total. The van der Waals surface area contributed by atoms with Crippen LogP contribution < -0.4 is 10.1 Å². The van der Waals surface area contributed by atoms with Gasteiger partial charge in [0.1, 0.15) is 18.5 Å². The topological polar surface area (TPSA) is 50.9 Å². The third kappa shape index (κ3) is 2.95. The van der Waals surface area contributed by atoms with E-state index in [4.69, 9.17) is 9.47 Å². The lowest BCUT2D eigenvalue weighted by Gasteiger charge is -2.10. The van der Waals surface area contributed by atoms with Crippen LogP contribution in [0.4, 0.5) is 5.69 Å². The number of para-hydroxylation sites is 2. The molecule has 80 valence electrons. The van der Waals surface area contributed by atoms with Crippen LogP contribution in [-0.4, -0.2) is 25.2 Å². The fraction of sp³-hybridized carbons (Fsp3) is 0.364. The van der Waals surface area contributed by atoms with E-state index in [-0.39, 0.29) is 12.0 Å². The summed E-state index contributed by atoms with van der Waals surface area (Å²) in [6.45, 7) is 2.78. The van der Waals surface area contributed by atoms with Crippen molar-refractivity contribution in [1.82, 2.24) is 0 Å². The molecule has 1 aromatic rings. The number of anilines is 1. The minimum atomic E-state index is -0.103. The van der Waals surface area contributed by atoms with Crippen molar-refractivity contribution in [3.05, 3.63) is 24.3 Å². The van der Waals surface area contributed by atoms with E-state index in [1.165, 1.54) is 6.92 Å². The molecule has 1 heterocycles.